The number of nitrogens with one attached hydrogen (secondary N) is 1. The van der Waals surface area contributed by atoms with Crippen molar-refractivity contribution >= 4 is 29.5 Å². The average molecular weight is 441 g/mol. The van der Waals surface area contributed by atoms with Gasteiger partial charge >= 0.3 is 12.1 Å². The van der Waals surface area contributed by atoms with Crippen LogP contribution in [-0.4, -0.2) is 21.2 Å². The Kier molecular flexibility index (Phi) is 5.94. The topological polar surface area (TPSA) is 82.5 Å². The second-order valence-corrected chi connectivity index (χ2v) is 7.88. The van der Waals surface area contributed by atoms with Crippen molar-refractivity contribution in [1.82, 2.24) is 4.98 Å². The van der Waals surface area contributed by atoms with E-state index >= 15 is 0 Å². The van der Waals surface area contributed by atoms with E-state index in [9.17, 15) is 23.1 Å². The third kappa shape index (κ3) is 5.36. The maximum Gasteiger partial charge on any atom is 0.419 e. The molecule has 0 aliphatic carbocycles. The number of H-pyrrole nitrogens is 1. The lowest BCUT2D eigenvalue weighted by molar-refractivity contribution is -0.139. The molecular formula is C19H14F3NO4S2. The van der Waals surface area contributed by atoms with Crippen LogP contribution in [0.2, 0.25) is 0 Å². The second-order valence-electron chi connectivity index (χ2n) is 6.11. The van der Waals surface area contributed by atoms with Crippen LogP contribution in [0.1, 0.15) is 21.6 Å². The Hall–Kier alpha value is -2.85. The Morgan fingerprint density at radius 3 is 2.34 bits per heavy atom. The van der Waals surface area contributed by atoms with Crippen molar-refractivity contribution in [1.29, 1.82) is 0 Å². The summed E-state index contributed by atoms with van der Waals surface area (Å²) in [5.74, 6) is -1.39. The fourth-order valence-electron chi connectivity index (χ4n) is 2.63. The maximum atomic E-state index is 13.5. The molecule has 0 unspecified atom stereocenters. The molecular weight excluding hydrogens is 427 g/mol. The van der Waals surface area contributed by atoms with Crippen LogP contribution in [-0.2, 0) is 23.8 Å². The number of carboxylic acid groups (broad SMARTS) is 1. The molecule has 0 fully saturated rings. The van der Waals surface area contributed by atoms with Gasteiger partial charge in [0.15, 0.2) is 3.95 Å². The Labute approximate surface area is 172 Å². The highest BCUT2D eigenvalue weighted by Crippen LogP contribution is 2.39. The van der Waals surface area contributed by atoms with Crippen molar-refractivity contribution in [2.45, 2.75) is 19.0 Å². The number of alkyl halides is 3. The minimum Gasteiger partial charge on any atom is -0.494 e. The van der Waals surface area contributed by atoms with Gasteiger partial charge in [-0.05, 0) is 47.6 Å². The van der Waals surface area contributed by atoms with E-state index in [0.717, 1.165) is 17.4 Å². The number of aromatic amines is 1. The van der Waals surface area contributed by atoms with E-state index in [0.29, 0.717) is 20.0 Å². The van der Waals surface area contributed by atoms with Crippen LogP contribution >= 0.6 is 23.6 Å². The van der Waals surface area contributed by atoms with Crippen LogP contribution in [0.4, 0.5) is 13.2 Å². The summed E-state index contributed by atoms with van der Waals surface area (Å²) in [5.41, 5.74) is -0.116. The third-order valence-electron chi connectivity index (χ3n) is 3.92. The Bertz CT molecular complexity index is 1090. The molecule has 5 nitrogen and oxygen atoms in total. The fourth-order valence-corrected chi connectivity index (χ4v) is 3.79. The summed E-state index contributed by atoms with van der Waals surface area (Å²) in [5, 5.41) is 18.5. The van der Waals surface area contributed by atoms with E-state index in [1.807, 2.05) is 0 Å². The number of aliphatic carboxylic acids is 1. The first-order valence-electron chi connectivity index (χ1n) is 8.21. The highest BCUT2D eigenvalue weighted by molar-refractivity contribution is 7.73. The number of thiazole rings is 1. The number of carbonyl (C=O) groups is 1. The highest BCUT2D eigenvalue weighted by atomic mass is 32.1. The normalized spacial score (nSPS) is 11.4. The molecule has 0 spiro atoms. The maximum absolute atomic E-state index is 13.5. The lowest BCUT2D eigenvalue weighted by Crippen LogP contribution is -2.08. The van der Waals surface area contributed by atoms with E-state index < -0.39 is 17.7 Å². The van der Waals surface area contributed by atoms with Gasteiger partial charge in [0, 0.05) is 6.42 Å². The number of aromatic nitrogens is 1. The summed E-state index contributed by atoms with van der Waals surface area (Å²) < 4.78 is 46.4. The minimum absolute atomic E-state index is 0.0802. The Morgan fingerprint density at radius 2 is 1.79 bits per heavy atom. The van der Waals surface area contributed by atoms with Crippen LogP contribution in [0.15, 0.2) is 42.5 Å². The van der Waals surface area contributed by atoms with Gasteiger partial charge < -0.3 is 19.9 Å². The van der Waals surface area contributed by atoms with Crippen LogP contribution in [0, 0.1) is 3.95 Å². The molecule has 0 saturated carbocycles. The van der Waals surface area contributed by atoms with E-state index in [-0.39, 0.29) is 30.2 Å². The number of carboxylic acids is 1. The number of rotatable bonds is 6. The lowest BCUT2D eigenvalue weighted by atomic mass is 10.1. The zero-order valence-electron chi connectivity index (χ0n) is 14.6. The van der Waals surface area contributed by atoms with Gasteiger partial charge in [-0.25, -0.2) is 0 Å². The quantitative estimate of drug-likeness (QED) is 0.438. The SMILES string of the molecule is O=C(O)Cc1ccc(Oc2ccc(Cc3sc(=S)[nH]c3O)cc2C(F)(F)F)cc1. The molecule has 0 amide bonds. The molecule has 0 bridgehead atoms. The predicted octanol–water partition coefficient (Wildman–Crippen LogP) is 5.54. The zero-order valence-corrected chi connectivity index (χ0v) is 16.2. The summed E-state index contributed by atoms with van der Waals surface area (Å²) in [4.78, 5) is 13.7. The van der Waals surface area contributed by atoms with Crippen molar-refractivity contribution in [2.75, 3.05) is 0 Å². The van der Waals surface area contributed by atoms with Gasteiger partial charge in [-0.2, -0.15) is 13.2 Å². The molecule has 1 heterocycles. The largest absolute Gasteiger partial charge is 0.494 e. The molecule has 1 aromatic heterocycles. The molecule has 152 valence electrons. The van der Waals surface area contributed by atoms with E-state index in [1.165, 1.54) is 36.4 Å². The molecule has 0 aliphatic heterocycles. The van der Waals surface area contributed by atoms with Gasteiger partial charge in [-0.1, -0.05) is 18.2 Å². The van der Waals surface area contributed by atoms with Crippen LogP contribution in [0.5, 0.6) is 17.4 Å². The first kappa shape index (κ1) is 20.9. The van der Waals surface area contributed by atoms with Gasteiger partial charge in [0.05, 0.1) is 16.9 Å². The Morgan fingerprint density at radius 1 is 1.14 bits per heavy atom. The standard InChI is InChI=1S/C19H14F3NO4S2/c20-19(21,22)13-7-11(8-15-17(26)23-18(28)29-15)3-6-14(13)27-12-4-1-10(2-5-12)9-16(24)25/h1-7,26H,8-9H2,(H,23,28)(H,24,25). The average Bonchev–Trinajstić information content (AvgIpc) is 2.93. The summed E-state index contributed by atoms with van der Waals surface area (Å²) in [6.07, 6.45) is -4.76. The van der Waals surface area contributed by atoms with E-state index in [2.05, 4.69) is 4.98 Å². The van der Waals surface area contributed by atoms with Gasteiger partial charge in [0.1, 0.15) is 11.5 Å². The summed E-state index contributed by atoms with van der Waals surface area (Å²) >= 11 is 6.01. The molecule has 0 aliphatic rings. The van der Waals surface area contributed by atoms with Crippen molar-refractivity contribution < 1.29 is 32.9 Å². The predicted molar refractivity (Wildman–Crippen MR) is 103 cm³/mol. The minimum atomic E-state index is -4.65. The van der Waals surface area contributed by atoms with Crippen molar-refractivity contribution in [3.8, 4) is 17.4 Å². The lowest BCUT2D eigenvalue weighted by Gasteiger charge is -2.15. The van der Waals surface area contributed by atoms with Crippen molar-refractivity contribution in [2.24, 2.45) is 0 Å². The van der Waals surface area contributed by atoms with Gasteiger partial charge in [-0.15, -0.1) is 11.3 Å². The fraction of sp³-hybridized carbons (Fsp3) is 0.158. The van der Waals surface area contributed by atoms with E-state index in [4.69, 9.17) is 22.1 Å². The molecule has 3 aromatic rings. The molecule has 0 saturated heterocycles. The number of benzene rings is 2. The molecule has 2 aromatic carbocycles. The number of aromatic hydroxyl groups is 1. The van der Waals surface area contributed by atoms with Crippen LogP contribution in [0.3, 0.4) is 0 Å². The second kappa shape index (κ2) is 8.26. The van der Waals surface area contributed by atoms with Crippen molar-refractivity contribution in [3.05, 3.63) is 68.0 Å². The van der Waals surface area contributed by atoms with Crippen LogP contribution in [0.25, 0.3) is 0 Å². The van der Waals surface area contributed by atoms with Gasteiger partial charge in [-0.3, -0.25) is 4.79 Å². The first-order chi connectivity index (χ1) is 13.6. The highest BCUT2D eigenvalue weighted by Gasteiger charge is 2.35. The number of halogens is 3. The first-order valence-corrected chi connectivity index (χ1v) is 9.44. The molecule has 10 heteroatoms. The molecule has 0 radical (unpaired) electrons. The Balaban J connectivity index is 1.87. The van der Waals surface area contributed by atoms with Gasteiger partial charge in [0.25, 0.3) is 0 Å². The van der Waals surface area contributed by atoms with Crippen molar-refractivity contribution in [3.63, 3.8) is 0 Å². The van der Waals surface area contributed by atoms with E-state index in [1.54, 1.807) is 0 Å². The summed E-state index contributed by atoms with van der Waals surface area (Å²) in [6.45, 7) is 0. The molecule has 29 heavy (non-hydrogen) atoms. The molecule has 3 rings (SSSR count). The number of hydrogen-bond donors (Lipinski definition) is 3. The number of hydrogen-bond acceptors (Lipinski definition) is 5. The molecule has 0 atom stereocenters. The smallest absolute Gasteiger partial charge is 0.419 e. The summed E-state index contributed by atoms with van der Waals surface area (Å²) in [7, 11) is 0. The molecule has 3 N–H and O–H groups in total. The van der Waals surface area contributed by atoms with Gasteiger partial charge in [0.2, 0.25) is 5.88 Å². The number of ether oxygens (including phenoxy) is 1. The monoisotopic (exact) mass is 441 g/mol. The van der Waals surface area contributed by atoms with Crippen LogP contribution < -0.4 is 4.74 Å². The summed E-state index contributed by atoms with van der Waals surface area (Å²) in [6, 6.07) is 9.45. The zero-order chi connectivity index (χ0) is 21.2. The third-order valence-corrected chi connectivity index (χ3v) is 5.14.